The van der Waals surface area contributed by atoms with Gasteiger partial charge in [-0.3, -0.25) is 0 Å². The molecule has 0 saturated heterocycles. The van der Waals surface area contributed by atoms with E-state index in [9.17, 15) is 0 Å². The Kier molecular flexibility index (Phi) is 4.46. The first-order valence-corrected chi connectivity index (χ1v) is 6.40. The fourth-order valence-corrected chi connectivity index (χ4v) is 1.92. The molecule has 1 aromatic heterocycles. The van der Waals surface area contributed by atoms with Gasteiger partial charge >= 0.3 is 0 Å². The third-order valence-electron chi connectivity index (χ3n) is 2.11. The summed E-state index contributed by atoms with van der Waals surface area (Å²) in [6, 6.07) is 0. The highest BCUT2D eigenvalue weighted by Crippen LogP contribution is 2.21. The molecule has 0 aliphatic carbocycles. The number of H-pyrrole nitrogens is 1. The molecule has 1 N–H and O–H groups in total. The van der Waals surface area contributed by atoms with Gasteiger partial charge in [0.15, 0.2) is 0 Å². The quantitative estimate of drug-likeness (QED) is 0.844. The van der Waals surface area contributed by atoms with Gasteiger partial charge in [0.25, 0.3) is 0 Å². The molecule has 1 heterocycles. The second-order valence-electron chi connectivity index (χ2n) is 4.47. The molecular weight excluding hydrogens is 272 g/mol. The average molecular weight is 289 g/mol. The van der Waals surface area contributed by atoms with Crippen LogP contribution in [0.2, 0.25) is 0 Å². The molecule has 1 aromatic rings. The fourth-order valence-electron chi connectivity index (χ4n) is 1.35. The largest absolute Gasteiger partial charge is 0.346 e. The lowest BCUT2D eigenvalue weighted by atomic mass is 10.1. The predicted molar refractivity (Wildman–Crippen MR) is 69.8 cm³/mol. The van der Waals surface area contributed by atoms with E-state index in [0.717, 1.165) is 22.4 Å². The molecule has 0 unspecified atom stereocenters. The van der Waals surface area contributed by atoms with Gasteiger partial charge in [-0.05, 0) is 28.3 Å². The Morgan fingerprint density at radius 2 is 1.93 bits per heavy atom. The van der Waals surface area contributed by atoms with Crippen molar-refractivity contribution in [3.05, 3.63) is 20.6 Å². The lowest BCUT2D eigenvalue weighted by molar-refractivity contribution is 0.622. The summed E-state index contributed by atoms with van der Waals surface area (Å²) in [5.74, 6) is 1.96. The zero-order valence-electron chi connectivity index (χ0n) is 9.60. The maximum atomic E-state index is 5.22. The molecule has 2 nitrogen and oxygen atoms in total. The predicted octanol–water partition coefficient (Wildman–Crippen LogP) is 4.22. The van der Waals surface area contributed by atoms with Crippen molar-refractivity contribution >= 4 is 28.1 Å². The summed E-state index contributed by atoms with van der Waals surface area (Å²) in [5.41, 5.74) is 1.16. The Morgan fingerprint density at radius 1 is 1.33 bits per heavy atom. The molecule has 0 bridgehead atoms. The lowest BCUT2D eigenvalue weighted by Gasteiger charge is -2.12. The van der Waals surface area contributed by atoms with Gasteiger partial charge in [0, 0.05) is 11.6 Å². The van der Waals surface area contributed by atoms with Gasteiger partial charge in [0.05, 0.1) is 4.47 Å². The number of nitrogens with one attached hydrogen (secondary N) is 1. The summed E-state index contributed by atoms with van der Waals surface area (Å²) in [6.45, 7) is 8.61. The van der Waals surface area contributed by atoms with E-state index in [1.54, 1.807) is 0 Å². The maximum absolute atomic E-state index is 5.22. The number of hydrogen-bond donors (Lipinski definition) is 1. The van der Waals surface area contributed by atoms with Gasteiger partial charge in [-0.2, -0.15) is 0 Å². The molecule has 15 heavy (non-hydrogen) atoms. The zero-order chi connectivity index (χ0) is 11.6. The Labute approximate surface area is 105 Å². The molecule has 0 aromatic carbocycles. The Balaban J connectivity index is 3.19. The molecule has 1 rings (SSSR count). The van der Waals surface area contributed by atoms with Gasteiger partial charge in [-0.1, -0.05) is 39.9 Å². The molecule has 0 atom stereocenters. The molecule has 0 aliphatic heterocycles. The van der Waals surface area contributed by atoms with Gasteiger partial charge in [-0.15, -0.1) is 0 Å². The summed E-state index contributed by atoms with van der Waals surface area (Å²) in [7, 11) is 0. The number of halogens is 1. The van der Waals surface area contributed by atoms with E-state index < -0.39 is 0 Å². The summed E-state index contributed by atoms with van der Waals surface area (Å²) in [5, 5.41) is 0. The van der Waals surface area contributed by atoms with Crippen LogP contribution in [0.1, 0.15) is 45.1 Å². The first-order valence-electron chi connectivity index (χ1n) is 5.20. The molecular formula is C11H17BrN2S. The highest BCUT2D eigenvalue weighted by molar-refractivity contribution is 9.10. The van der Waals surface area contributed by atoms with Crippen LogP contribution in [-0.2, 0) is 6.42 Å². The summed E-state index contributed by atoms with van der Waals surface area (Å²) in [4.78, 5) is 7.71. The van der Waals surface area contributed by atoms with Crippen molar-refractivity contribution in [1.82, 2.24) is 9.97 Å². The first kappa shape index (κ1) is 12.8. The van der Waals surface area contributed by atoms with E-state index in [4.69, 9.17) is 12.2 Å². The van der Waals surface area contributed by atoms with Crippen LogP contribution in [-0.4, -0.2) is 9.97 Å². The highest BCUT2D eigenvalue weighted by atomic mass is 79.9. The van der Waals surface area contributed by atoms with E-state index in [1.807, 2.05) is 0 Å². The number of aromatic amines is 1. The number of aromatic nitrogens is 2. The molecule has 0 fully saturated rings. The third kappa shape index (κ3) is 3.38. The third-order valence-corrected chi connectivity index (χ3v) is 3.52. The van der Waals surface area contributed by atoms with Crippen LogP contribution in [0.4, 0.5) is 0 Å². The van der Waals surface area contributed by atoms with Crippen molar-refractivity contribution in [1.29, 1.82) is 0 Å². The minimum atomic E-state index is 0.380. The van der Waals surface area contributed by atoms with Crippen molar-refractivity contribution in [2.24, 2.45) is 5.92 Å². The first-order chi connectivity index (χ1) is 6.91. The van der Waals surface area contributed by atoms with Crippen LogP contribution in [0.15, 0.2) is 4.47 Å². The number of rotatable bonds is 3. The molecule has 0 spiro atoms. The van der Waals surface area contributed by atoms with E-state index in [2.05, 4.69) is 53.6 Å². The van der Waals surface area contributed by atoms with E-state index in [0.29, 0.717) is 16.5 Å². The number of hydrogen-bond acceptors (Lipinski definition) is 2. The van der Waals surface area contributed by atoms with Crippen LogP contribution in [0.25, 0.3) is 0 Å². The van der Waals surface area contributed by atoms with Crippen LogP contribution in [0.5, 0.6) is 0 Å². The van der Waals surface area contributed by atoms with Crippen LogP contribution < -0.4 is 0 Å². The van der Waals surface area contributed by atoms with Crippen LogP contribution in [0, 0.1) is 10.6 Å². The van der Waals surface area contributed by atoms with Crippen molar-refractivity contribution < 1.29 is 0 Å². The van der Waals surface area contributed by atoms with Crippen molar-refractivity contribution in [2.45, 2.75) is 40.0 Å². The Hall–Kier alpha value is -0.220. The summed E-state index contributed by atoms with van der Waals surface area (Å²) < 4.78 is 1.60. The van der Waals surface area contributed by atoms with Crippen LogP contribution in [0.3, 0.4) is 0 Å². The topological polar surface area (TPSA) is 28.7 Å². The summed E-state index contributed by atoms with van der Waals surface area (Å²) >= 11 is 8.72. The minimum absolute atomic E-state index is 0.380. The van der Waals surface area contributed by atoms with Crippen LogP contribution >= 0.6 is 28.1 Å². The zero-order valence-corrected chi connectivity index (χ0v) is 12.0. The van der Waals surface area contributed by atoms with E-state index in [1.165, 1.54) is 0 Å². The molecule has 0 radical (unpaired) electrons. The second kappa shape index (κ2) is 5.21. The van der Waals surface area contributed by atoms with Crippen molar-refractivity contribution in [3.63, 3.8) is 0 Å². The highest BCUT2D eigenvalue weighted by Gasteiger charge is 2.09. The normalized spacial score (nSPS) is 11.4. The summed E-state index contributed by atoms with van der Waals surface area (Å²) in [6.07, 6.45) is 0.993. The lowest BCUT2D eigenvalue weighted by Crippen LogP contribution is -2.06. The SMILES string of the molecule is CC(C)Cc1[nH]c(C(C)C)nc(=S)c1Br. The van der Waals surface area contributed by atoms with Gasteiger partial charge < -0.3 is 4.98 Å². The van der Waals surface area contributed by atoms with Crippen molar-refractivity contribution in [2.75, 3.05) is 0 Å². The van der Waals surface area contributed by atoms with Gasteiger partial charge in [-0.25, -0.2) is 4.98 Å². The average Bonchev–Trinajstić information content (AvgIpc) is 2.11. The molecule has 0 amide bonds. The minimum Gasteiger partial charge on any atom is -0.346 e. The maximum Gasteiger partial charge on any atom is 0.144 e. The van der Waals surface area contributed by atoms with Gasteiger partial charge in [0.2, 0.25) is 0 Å². The van der Waals surface area contributed by atoms with Gasteiger partial charge in [0.1, 0.15) is 10.5 Å². The molecule has 0 saturated carbocycles. The molecule has 4 heteroatoms. The Morgan fingerprint density at radius 3 is 2.40 bits per heavy atom. The monoisotopic (exact) mass is 288 g/mol. The van der Waals surface area contributed by atoms with Crippen molar-refractivity contribution in [3.8, 4) is 0 Å². The molecule has 0 aliphatic rings. The smallest absolute Gasteiger partial charge is 0.144 e. The fraction of sp³-hybridized carbons (Fsp3) is 0.636. The standard InChI is InChI=1S/C11H17BrN2S/c1-6(2)5-8-9(12)11(15)14-10(13-8)7(3)4/h6-7H,5H2,1-4H3,(H,13,14,15). The van der Waals surface area contributed by atoms with E-state index in [-0.39, 0.29) is 0 Å². The number of nitrogens with zero attached hydrogens (tertiary/aromatic N) is 1. The molecule has 84 valence electrons. The Bertz CT molecular complexity index is 396. The second-order valence-corrected chi connectivity index (χ2v) is 5.65. The van der Waals surface area contributed by atoms with E-state index >= 15 is 0 Å².